The number of carbonyl (C=O) groups excluding carboxylic acids is 2. The maximum atomic E-state index is 12.2. The molecule has 1 saturated carbocycles. The molecule has 1 aliphatic heterocycles. The average molecular weight is 317 g/mol. The number of aryl methyl sites for hydroxylation is 1. The molecule has 1 saturated heterocycles. The van der Waals surface area contributed by atoms with Crippen molar-refractivity contribution in [3.05, 3.63) is 23.8 Å². The maximum Gasteiger partial charge on any atom is 0.311 e. The third kappa shape index (κ3) is 3.86. The molecule has 0 bridgehead atoms. The van der Waals surface area contributed by atoms with Gasteiger partial charge in [0, 0.05) is 37.8 Å². The average Bonchev–Trinajstić information content (AvgIpc) is 3.18. The Morgan fingerprint density at radius 3 is 2.78 bits per heavy atom. The summed E-state index contributed by atoms with van der Waals surface area (Å²) in [6.07, 6.45) is 8.74. The Bertz CT molecular complexity index is 567. The van der Waals surface area contributed by atoms with Crippen molar-refractivity contribution in [3.63, 3.8) is 0 Å². The summed E-state index contributed by atoms with van der Waals surface area (Å²) < 4.78 is 5.33. The lowest BCUT2D eigenvalue weighted by Gasteiger charge is -2.23. The van der Waals surface area contributed by atoms with Crippen LogP contribution in [0.3, 0.4) is 0 Å². The van der Waals surface area contributed by atoms with Gasteiger partial charge in [0.2, 0.25) is 5.91 Å². The molecule has 0 aromatic carbocycles. The minimum absolute atomic E-state index is 0.100. The van der Waals surface area contributed by atoms with Gasteiger partial charge in [-0.05, 0) is 19.8 Å². The fourth-order valence-corrected chi connectivity index (χ4v) is 3.38. The molecule has 23 heavy (non-hydrogen) atoms. The zero-order chi connectivity index (χ0) is 16.2. The van der Waals surface area contributed by atoms with E-state index >= 15 is 0 Å². The number of likely N-dealkylation sites (tertiary alicyclic amines) is 1. The molecule has 1 aromatic rings. The molecular formula is C17H23N3O3. The molecule has 3 rings (SSSR count). The van der Waals surface area contributed by atoms with E-state index in [2.05, 4.69) is 9.97 Å². The van der Waals surface area contributed by atoms with Crippen LogP contribution in [0.1, 0.15) is 43.5 Å². The second-order valence-electron chi connectivity index (χ2n) is 6.45. The van der Waals surface area contributed by atoms with Gasteiger partial charge in [0.05, 0.1) is 23.9 Å². The van der Waals surface area contributed by atoms with Crippen LogP contribution in [-0.4, -0.2) is 45.9 Å². The fourth-order valence-electron chi connectivity index (χ4n) is 3.38. The number of hydrogen-bond donors (Lipinski definition) is 0. The molecule has 1 aliphatic carbocycles. The lowest BCUT2D eigenvalue weighted by molar-refractivity contribution is -0.148. The predicted octanol–water partition coefficient (Wildman–Crippen LogP) is 1.66. The van der Waals surface area contributed by atoms with Crippen LogP contribution in [0.4, 0.5) is 0 Å². The highest BCUT2D eigenvalue weighted by Gasteiger charge is 2.39. The van der Waals surface area contributed by atoms with Crippen molar-refractivity contribution >= 4 is 11.9 Å². The van der Waals surface area contributed by atoms with E-state index in [0.717, 1.165) is 24.2 Å². The van der Waals surface area contributed by atoms with Gasteiger partial charge in [-0.3, -0.25) is 19.6 Å². The van der Waals surface area contributed by atoms with E-state index in [-0.39, 0.29) is 24.4 Å². The van der Waals surface area contributed by atoms with Gasteiger partial charge < -0.3 is 9.64 Å². The number of aromatic nitrogens is 2. The summed E-state index contributed by atoms with van der Waals surface area (Å²) in [4.78, 5) is 34.6. The highest BCUT2D eigenvalue weighted by Crippen LogP contribution is 2.29. The first kappa shape index (κ1) is 15.9. The normalized spacial score (nSPS) is 21.9. The number of hydrogen-bond acceptors (Lipinski definition) is 5. The molecular weight excluding hydrogens is 294 g/mol. The SMILES string of the molecule is Cc1cnc(CCOC(=O)[C@@H]2CC(=O)N(C3CCCC3)C2)cn1. The standard InChI is InChI=1S/C17H23N3O3/c1-12-9-19-14(10-18-12)6-7-23-17(22)13-8-16(21)20(11-13)15-4-2-3-5-15/h9-10,13,15H,2-8,11H2,1H3/t13-/m1/s1. The predicted molar refractivity (Wildman–Crippen MR) is 83.5 cm³/mol. The molecule has 0 N–H and O–H groups in total. The first-order valence-corrected chi connectivity index (χ1v) is 8.37. The Morgan fingerprint density at radius 1 is 1.30 bits per heavy atom. The van der Waals surface area contributed by atoms with Crippen LogP contribution in [0.25, 0.3) is 0 Å². The molecule has 1 atom stereocenters. The third-order valence-corrected chi connectivity index (χ3v) is 4.69. The second kappa shape index (κ2) is 7.06. The van der Waals surface area contributed by atoms with Gasteiger partial charge in [0.15, 0.2) is 0 Å². The van der Waals surface area contributed by atoms with Gasteiger partial charge >= 0.3 is 5.97 Å². The van der Waals surface area contributed by atoms with Crippen molar-refractivity contribution in [2.45, 2.75) is 51.5 Å². The quantitative estimate of drug-likeness (QED) is 0.772. The molecule has 2 heterocycles. The van der Waals surface area contributed by atoms with Crippen molar-refractivity contribution < 1.29 is 14.3 Å². The first-order valence-electron chi connectivity index (χ1n) is 8.37. The van der Waals surface area contributed by atoms with E-state index < -0.39 is 0 Å². The summed E-state index contributed by atoms with van der Waals surface area (Å²) in [6.45, 7) is 2.68. The van der Waals surface area contributed by atoms with Crippen LogP contribution in [0.2, 0.25) is 0 Å². The highest BCUT2D eigenvalue weighted by atomic mass is 16.5. The molecule has 0 radical (unpaired) electrons. The van der Waals surface area contributed by atoms with Crippen LogP contribution in [0.5, 0.6) is 0 Å². The molecule has 2 fully saturated rings. The van der Waals surface area contributed by atoms with Crippen molar-refractivity contribution in [2.24, 2.45) is 5.92 Å². The molecule has 6 heteroatoms. The lowest BCUT2D eigenvalue weighted by Crippen LogP contribution is -2.35. The zero-order valence-electron chi connectivity index (χ0n) is 13.5. The van der Waals surface area contributed by atoms with E-state index in [9.17, 15) is 9.59 Å². The van der Waals surface area contributed by atoms with Crippen LogP contribution < -0.4 is 0 Å². The Hall–Kier alpha value is -1.98. The van der Waals surface area contributed by atoms with Crippen molar-refractivity contribution in [1.82, 2.24) is 14.9 Å². The Morgan fingerprint density at radius 2 is 2.09 bits per heavy atom. The van der Waals surface area contributed by atoms with Crippen LogP contribution in [-0.2, 0) is 20.7 Å². The summed E-state index contributed by atoms with van der Waals surface area (Å²) >= 11 is 0. The Labute approximate surface area is 136 Å². The number of nitrogens with zero attached hydrogens (tertiary/aromatic N) is 3. The Balaban J connectivity index is 1.45. The largest absolute Gasteiger partial charge is 0.465 e. The number of esters is 1. The van der Waals surface area contributed by atoms with E-state index in [4.69, 9.17) is 4.74 Å². The van der Waals surface area contributed by atoms with E-state index in [0.29, 0.717) is 25.4 Å². The summed E-state index contributed by atoms with van der Waals surface area (Å²) in [5.41, 5.74) is 1.67. The smallest absolute Gasteiger partial charge is 0.311 e. The number of carbonyl (C=O) groups is 2. The van der Waals surface area contributed by atoms with Gasteiger partial charge in [-0.25, -0.2) is 0 Å². The van der Waals surface area contributed by atoms with Crippen LogP contribution >= 0.6 is 0 Å². The van der Waals surface area contributed by atoms with Gasteiger partial charge in [-0.1, -0.05) is 12.8 Å². The second-order valence-corrected chi connectivity index (χ2v) is 6.45. The van der Waals surface area contributed by atoms with Gasteiger partial charge in [0.25, 0.3) is 0 Å². The molecule has 1 amide bonds. The zero-order valence-corrected chi connectivity index (χ0v) is 13.5. The van der Waals surface area contributed by atoms with Crippen LogP contribution in [0, 0.1) is 12.8 Å². The van der Waals surface area contributed by atoms with E-state index in [1.807, 2.05) is 11.8 Å². The minimum Gasteiger partial charge on any atom is -0.465 e. The van der Waals surface area contributed by atoms with Gasteiger partial charge in [0.1, 0.15) is 0 Å². The van der Waals surface area contributed by atoms with Crippen LogP contribution in [0.15, 0.2) is 12.4 Å². The van der Waals surface area contributed by atoms with Crippen molar-refractivity contribution in [1.29, 1.82) is 0 Å². The summed E-state index contributed by atoms with van der Waals surface area (Å²) in [5, 5.41) is 0. The van der Waals surface area contributed by atoms with Crippen molar-refractivity contribution in [2.75, 3.05) is 13.2 Å². The molecule has 0 spiro atoms. The number of amides is 1. The lowest BCUT2D eigenvalue weighted by atomic mass is 10.1. The first-order chi connectivity index (χ1) is 11.1. The van der Waals surface area contributed by atoms with E-state index in [1.54, 1.807) is 12.4 Å². The third-order valence-electron chi connectivity index (χ3n) is 4.69. The minimum atomic E-state index is -0.313. The fraction of sp³-hybridized carbons (Fsp3) is 0.647. The molecule has 0 unspecified atom stereocenters. The number of rotatable bonds is 5. The summed E-state index contributed by atoms with van der Waals surface area (Å²) in [7, 11) is 0. The molecule has 124 valence electrons. The summed E-state index contributed by atoms with van der Waals surface area (Å²) in [5.74, 6) is -0.477. The molecule has 1 aromatic heterocycles. The summed E-state index contributed by atoms with van der Waals surface area (Å²) in [6, 6.07) is 0.336. The maximum absolute atomic E-state index is 12.2. The topological polar surface area (TPSA) is 72.4 Å². The van der Waals surface area contributed by atoms with Gasteiger partial charge in [-0.2, -0.15) is 0 Å². The van der Waals surface area contributed by atoms with Crippen molar-refractivity contribution in [3.8, 4) is 0 Å². The monoisotopic (exact) mass is 317 g/mol. The van der Waals surface area contributed by atoms with Gasteiger partial charge in [-0.15, -0.1) is 0 Å². The Kier molecular flexibility index (Phi) is 4.88. The number of ether oxygens (including phenoxy) is 1. The van der Waals surface area contributed by atoms with E-state index in [1.165, 1.54) is 12.8 Å². The molecule has 2 aliphatic rings. The molecule has 6 nitrogen and oxygen atoms in total. The highest BCUT2D eigenvalue weighted by molar-refractivity contribution is 5.87.